The Labute approximate surface area is 180 Å². The molecule has 9 heteroatoms. The second-order valence-electron chi connectivity index (χ2n) is 6.75. The van der Waals surface area contributed by atoms with Gasteiger partial charge >= 0.3 is 6.18 Å². The molecule has 0 bridgehead atoms. The van der Waals surface area contributed by atoms with E-state index in [9.17, 15) is 13.2 Å². The van der Waals surface area contributed by atoms with E-state index in [4.69, 9.17) is 14.2 Å². The summed E-state index contributed by atoms with van der Waals surface area (Å²) in [7, 11) is 2.84. The van der Waals surface area contributed by atoms with Gasteiger partial charge in [0.25, 0.3) is 0 Å². The summed E-state index contributed by atoms with van der Waals surface area (Å²) in [5, 5.41) is 3.09. The minimum Gasteiger partial charge on any atom is -0.493 e. The van der Waals surface area contributed by atoms with E-state index >= 15 is 0 Å². The predicted octanol–water partition coefficient (Wildman–Crippen LogP) is 4.21. The summed E-state index contributed by atoms with van der Waals surface area (Å²) >= 11 is 0. The van der Waals surface area contributed by atoms with Crippen LogP contribution >= 0.6 is 12.4 Å². The zero-order chi connectivity index (χ0) is 20.9. The molecule has 0 unspecified atom stereocenters. The average molecular weight is 447 g/mol. The number of rotatable bonds is 7. The van der Waals surface area contributed by atoms with Crippen molar-refractivity contribution in [1.29, 1.82) is 0 Å². The van der Waals surface area contributed by atoms with Crippen LogP contribution in [0.25, 0.3) is 0 Å². The lowest BCUT2D eigenvalue weighted by Gasteiger charge is -2.37. The van der Waals surface area contributed by atoms with Crippen molar-refractivity contribution in [1.82, 2.24) is 10.2 Å². The summed E-state index contributed by atoms with van der Waals surface area (Å²) in [6.45, 7) is 1.73. The minimum absolute atomic E-state index is 0. The number of methoxy groups -OCH3 is 2. The molecule has 1 aliphatic heterocycles. The Morgan fingerprint density at radius 3 is 2.13 bits per heavy atom. The van der Waals surface area contributed by atoms with Crippen LogP contribution < -0.4 is 19.5 Å². The third kappa shape index (κ3) is 5.71. The van der Waals surface area contributed by atoms with Crippen LogP contribution in [0.15, 0.2) is 42.5 Å². The smallest absolute Gasteiger partial charge is 0.408 e. The van der Waals surface area contributed by atoms with Crippen molar-refractivity contribution in [2.24, 2.45) is 0 Å². The van der Waals surface area contributed by atoms with E-state index in [1.165, 1.54) is 31.3 Å². The SMILES string of the molecule is COc1cc(OCc2ccccc2)c([C@H](N2CCNCC2)C(F)(F)F)cc1OC.Cl. The molecule has 2 aromatic rings. The number of hydrogen-bond acceptors (Lipinski definition) is 5. The van der Waals surface area contributed by atoms with Crippen molar-refractivity contribution in [3.63, 3.8) is 0 Å². The zero-order valence-corrected chi connectivity index (χ0v) is 17.7. The number of alkyl halides is 3. The Balaban J connectivity index is 0.00000320. The van der Waals surface area contributed by atoms with Gasteiger partial charge in [-0.1, -0.05) is 30.3 Å². The van der Waals surface area contributed by atoms with Gasteiger partial charge in [0.15, 0.2) is 11.5 Å². The highest BCUT2D eigenvalue weighted by Crippen LogP contribution is 2.45. The van der Waals surface area contributed by atoms with E-state index < -0.39 is 12.2 Å². The molecule has 30 heavy (non-hydrogen) atoms. The van der Waals surface area contributed by atoms with Gasteiger partial charge in [0.2, 0.25) is 0 Å². The number of benzene rings is 2. The normalized spacial score (nSPS) is 15.8. The second kappa shape index (κ2) is 10.7. The van der Waals surface area contributed by atoms with Crippen LogP contribution in [-0.4, -0.2) is 51.5 Å². The molecular weight excluding hydrogens is 421 g/mol. The Hall–Kier alpha value is -2.16. The predicted molar refractivity (Wildman–Crippen MR) is 111 cm³/mol. The summed E-state index contributed by atoms with van der Waals surface area (Å²) in [5.41, 5.74) is 0.881. The van der Waals surface area contributed by atoms with Gasteiger partial charge < -0.3 is 19.5 Å². The second-order valence-corrected chi connectivity index (χ2v) is 6.75. The monoisotopic (exact) mass is 446 g/mol. The standard InChI is InChI=1S/C21H25F3N2O3.ClH/c1-27-18-12-16(20(21(22,23)24)26-10-8-25-9-11-26)17(13-19(18)28-2)29-14-15-6-4-3-5-7-15;/h3-7,12-13,20,25H,8-11,14H2,1-2H3;1H/t20-;/m0./s1. The molecule has 1 saturated heterocycles. The van der Waals surface area contributed by atoms with Crippen LogP contribution in [0.1, 0.15) is 17.2 Å². The molecule has 0 spiro atoms. The molecular formula is C21H26ClF3N2O3. The Morgan fingerprint density at radius 2 is 1.57 bits per heavy atom. The molecule has 1 fully saturated rings. The van der Waals surface area contributed by atoms with E-state index in [1.807, 2.05) is 30.3 Å². The van der Waals surface area contributed by atoms with E-state index in [0.717, 1.165) is 5.56 Å². The highest BCUT2D eigenvalue weighted by atomic mass is 35.5. The van der Waals surface area contributed by atoms with E-state index in [2.05, 4.69) is 5.32 Å². The fourth-order valence-electron chi connectivity index (χ4n) is 3.47. The molecule has 0 aliphatic carbocycles. The van der Waals surface area contributed by atoms with Gasteiger partial charge in [0, 0.05) is 37.8 Å². The molecule has 0 amide bonds. The highest BCUT2D eigenvalue weighted by molar-refractivity contribution is 5.85. The number of ether oxygens (including phenoxy) is 3. The van der Waals surface area contributed by atoms with Crippen LogP contribution in [0.2, 0.25) is 0 Å². The average Bonchev–Trinajstić information content (AvgIpc) is 2.73. The Kier molecular flexibility index (Phi) is 8.64. The molecule has 3 rings (SSSR count). The van der Waals surface area contributed by atoms with E-state index in [0.29, 0.717) is 18.8 Å². The van der Waals surface area contributed by atoms with Gasteiger partial charge in [0.05, 0.1) is 14.2 Å². The first-order valence-corrected chi connectivity index (χ1v) is 9.38. The van der Waals surface area contributed by atoms with Gasteiger partial charge in [-0.2, -0.15) is 13.2 Å². The summed E-state index contributed by atoms with van der Waals surface area (Å²) in [6.07, 6.45) is -4.47. The van der Waals surface area contributed by atoms with E-state index in [1.54, 1.807) is 0 Å². The summed E-state index contributed by atoms with van der Waals surface area (Å²) < 4.78 is 58.9. The van der Waals surface area contributed by atoms with Crippen LogP contribution in [0.5, 0.6) is 17.2 Å². The molecule has 0 saturated carbocycles. The number of piperazine rings is 1. The molecule has 1 atom stereocenters. The van der Waals surface area contributed by atoms with Crippen molar-refractivity contribution in [2.75, 3.05) is 40.4 Å². The highest BCUT2D eigenvalue weighted by Gasteiger charge is 2.46. The molecule has 1 heterocycles. The first kappa shape index (κ1) is 24.1. The summed E-state index contributed by atoms with van der Waals surface area (Å²) in [5.74, 6) is 0.687. The topological polar surface area (TPSA) is 43.0 Å². The van der Waals surface area contributed by atoms with Crippen molar-refractivity contribution < 1.29 is 27.4 Å². The lowest BCUT2D eigenvalue weighted by molar-refractivity contribution is -0.188. The third-order valence-electron chi connectivity index (χ3n) is 4.87. The third-order valence-corrected chi connectivity index (χ3v) is 4.87. The van der Waals surface area contributed by atoms with Gasteiger partial charge in [-0.25, -0.2) is 0 Å². The lowest BCUT2D eigenvalue weighted by atomic mass is 10.0. The maximum atomic E-state index is 14.2. The fourth-order valence-corrected chi connectivity index (χ4v) is 3.47. The zero-order valence-electron chi connectivity index (χ0n) is 16.9. The molecule has 0 radical (unpaired) electrons. The number of halogens is 4. The molecule has 5 nitrogen and oxygen atoms in total. The van der Waals surface area contributed by atoms with Crippen LogP contribution in [0.3, 0.4) is 0 Å². The van der Waals surface area contributed by atoms with Crippen LogP contribution in [0, 0.1) is 0 Å². The van der Waals surface area contributed by atoms with Crippen molar-refractivity contribution in [2.45, 2.75) is 18.8 Å². The largest absolute Gasteiger partial charge is 0.493 e. The van der Waals surface area contributed by atoms with Gasteiger partial charge in [-0.15, -0.1) is 12.4 Å². The van der Waals surface area contributed by atoms with Crippen LogP contribution in [0.4, 0.5) is 13.2 Å². The Morgan fingerprint density at radius 1 is 0.967 bits per heavy atom. The van der Waals surface area contributed by atoms with Gasteiger partial charge in [0.1, 0.15) is 18.4 Å². The number of nitrogens with zero attached hydrogens (tertiary/aromatic N) is 1. The van der Waals surface area contributed by atoms with Crippen LogP contribution in [-0.2, 0) is 6.61 Å². The summed E-state index contributed by atoms with van der Waals surface area (Å²) in [6, 6.07) is 10.3. The minimum atomic E-state index is -4.47. The van der Waals surface area contributed by atoms with Crippen molar-refractivity contribution >= 4 is 12.4 Å². The molecule has 1 N–H and O–H groups in total. The molecule has 1 aliphatic rings. The molecule has 166 valence electrons. The fraction of sp³-hybridized carbons (Fsp3) is 0.429. The number of nitrogens with one attached hydrogen (secondary N) is 1. The molecule has 2 aromatic carbocycles. The molecule has 0 aromatic heterocycles. The van der Waals surface area contributed by atoms with Gasteiger partial charge in [-0.3, -0.25) is 4.90 Å². The van der Waals surface area contributed by atoms with E-state index in [-0.39, 0.29) is 49.2 Å². The summed E-state index contributed by atoms with van der Waals surface area (Å²) in [4.78, 5) is 1.42. The maximum Gasteiger partial charge on any atom is 0.408 e. The number of hydrogen-bond donors (Lipinski definition) is 1. The lowest BCUT2D eigenvalue weighted by Crippen LogP contribution is -2.49. The van der Waals surface area contributed by atoms with Crippen molar-refractivity contribution in [3.8, 4) is 17.2 Å². The first-order chi connectivity index (χ1) is 13.9. The Bertz CT molecular complexity index is 800. The van der Waals surface area contributed by atoms with Crippen molar-refractivity contribution in [3.05, 3.63) is 53.6 Å². The van der Waals surface area contributed by atoms with Gasteiger partial charge in [-0.05, 0) is 11.6 Å². The maximum absolute atomic E-state index is 14.2. The first-order valence-electron chi connectivity index (χ1n) is 9.38. The quantitative estimate of drug-likeness (QED) is 0.690.